The average Bonchev–Trinajstić information content (AvgIpc) is 3.28. The molecular weight excluding hydrogens is 434 g/mol. The summed E-state index contributed by atoms with van der Waals surface area (Å²) >= 11 is 1.24. The summed E-state index contributed by atoms with van der Waals surface area (Å²) < 4.78 is 5.27. The fourth-order valence-corrected chi connectivity index (χ4v) is 4.67. The molecule has 0 saturated heterocycles. The van der Waals surface area contributed by atoms with Gasteiger partial charge in [0.1, 0.15) is 28.2 Å². The first kappa shape index (κ1) is 22.5. The van der Waals surface area contributed by atoms with Crippen LogP contribution >= 0.6 is 11.8 Å². The molecule has 1 atom stereocenters. The normalized spacial score (nSPS) is 15.2. The Morgan fingerprint density at radius 2 is 1.88 bits per heavy atom. The Morgan fingerprint density at radius 3 is 2.55 bits per heavy atom. The van der Waals surface area contributed by atoms with E-state index < -0.39 is 0 Å². The zero-order valence-electron chi connectivity index (χ0n) is 18.6. The maximum Gasteiger partial charge on any atom is 0.253 e. The van der Waals surface area contributed by atoms with Crippen LogP contribution in [0.2, 0.25) is 0 Å². The van der Waals surface area contributed by atoms with Crippen molar-refractivity contribution >= 4 is 23.4 Å². The number of nitrogens with zero attached hydrogens (tertiary/aromatic N) is 5. The molecule has 1 aromatic heterocycles. The molecule has 0 saturated carbocycles. The van der Waals surface area contributed by atoms with Crippen molar-refractivity contribution in [3.8, 4) is 11.8 Å². The van der Waals surface area contributed by atoms with Crippen LogP contribution in [-0.2, 0) is 4.79 Å². The number of carbonyl (C=O) groups is 1. The lowest BCUT2D eigenvalue weighted by molar-refractivity contribution is -0.130. The molecule has 0 spiro atoms. The summed E-state index contributed by atoms with van der Waals surface area (Å²) in [4.78, 5) is 21.9. The number of carbonyl (C=O) groups excluding carboxylic acids is 1. The Morgan fingerprint density at radius 1 is 1.15 bits per heavy atom. The van der Waals surface area contributed by atoms with Crippen molar-refractivity contribution in [3.63, 3.8) is 0 Å². The molecular formula is C25H23N5O2S. The Balaban J connectivity index is 1.60. The quantitative estimate of drug-likeness (QED) is 0.401. The van der Waals surface area contributed by atoms with Crippen molar-refractivity contribution in [2.45, 2.75) is 31.3 Å². The maximum atomic E-state index is 13.3. The zero-order chi connectivity index (χ0) is 23.4. The number of aromatic nitrogens is 2. The smallest absolute Gasteiger partial charge is 0.253 e. The minimum atomic E-state index is -0.219. The molecule has 0 bridgehead atoms. The van der Waals surface area contributed by atoms with E-state index in [2.05, 4.69) is 16.0 Å². The van der Waals surface area contributed by atoms with Crippen molar-refractivity contribution in [1.29, 1.82) is 5.26 Å². The van der Waals surface area contributed by atoms with Gasteiger partial charge in [0, 0.05) is 6.42 Å². The molecule has 1 amide bonds. The van der Waals surface area contributed by atoms with Crippen molar-refractivity contribution in [2.75, 3.05) is 12.9 Å². The van der Waals surface area contributed by atoms with Gasteiger partial charge in [0.15, 0.2) is 0 Å². The first-order valence-corrected chi connectivity index (χ1v) is 11.5. The maximum absolute atomic E-state index is 13.3. The van der Waals surface area contributed by atoms with Crippen LogP contribution in [0.5, 0.6) is 5.75 Å². The molecule has 2 heterocycles. The number of rotatable bonds is 6. The van der Waals surface area contributed by atoms with Crippen LogP contribution in [0.4, 0.5) is 0 Å². The summed E-state index contributed by atoms with van der Waals surface area (Å²) in [7, 11) is 1.63. The molecule has 2 aromatic carbocycles. The second-order valence-corrected chi connectivity index (χ2v) is 8.55. The van der Waals surface area contributed by atoms with Gasteiger partial charge in [0.2, 0.25) is 0 Å². The molecule has 0 aliphatic carbocycles. The second-order valence-electron chi connectivity index (χ2n) is 7.58. The van der Waals surface area contributed by atoms with Gasteiger partial charge in [-0.25, -0.2) is 15.0 Å². The van der Waals surface area contributed by atoms with E-state index in [4.69, 9.17) is 9.84 Å². The molecule has 3 aromatic rings. The van der Waals surface area contributed by atoms with Crippen LogP contribution in [0, 0.1) is 25.2 Å². The number of methoxy groups -OCH3 is 1. The van der Waals surface area contributed by atoms with E-state index in [1.54, 1.807) is 26.0 Å². The van der Waals surface area contributed by atoms with Gasteiger partial charge in [-0.2, -0.15) is 10.4 Å². The van der Waals surface area contributed by atoms with Gasteiger partial charge in [-0.3, -0.25) is 4.79 Å². The fourth-order valence-electron chi connectivity index (χ4n) is 3.74. The Bertz CT molecular complexity index is 1240. The monoisotopic (exact) mass is 457 g/mol. The van der Waals surface area contributed by atoms with Gasteiger partial charge in [0.05, 0.1) is 30.3 Å². The van der Waals surface area contributed by atoms with Crippen LogP contribution in [-0.4, -0.2) is 39.5 Å². The van der Waals surface area contributed by atoms with Crippen LogP contribution < -0.4 is 4.74 Å². The molecule has 7 nitrogen and oxygen atoms in total. The highest BCUT2D eigenvalue weighted by Crippen LogP contribution is 2.34. The molecule has 0 radical (unpaired) electrons. The third-order valence-corrected chi connectivity index (χ3v) is 6.35. The summed E-state index contributed by atoms with van der Waals surface area (Å²) in [5.74, 6) is 1.29. The molecule has 1 aliphatic rings. The minimum Gasteiger partial charge on any atom is -0.497 e. The van der Waals surface area contributed by atoms with Crippen LogP contribution in [0.25, 0.3) is 0 Å². The van der Waals surface area contributed by atoms with Crippen molar-refractivity contribution in [2.24, 2.45) is 5.10 Å². The highest BCUT2D eigenvalue weighted by molar-refractivity contribution is 8.00. The summed E-state index contributed by atoms with van der Waals surface area (Å²) in [6, 6.07) is 19.5. The first-order chi connectivity index (χ1) is 16.0. The average molecular weight is 458 g/mol. The summed E-state index contributed by atoms with van der Waals surface area (Å²) in [5, 5.41) is 16.3. The Kier molecular flexibility index (Phi) is 6.71. The van der Waals surface area contributed by atoms with Gasteiger partial charge >= 0.3 is 0 Å². The molecule has 0 N–H and O–H groups in total. The lowest BCUT2D eigenvalue weighted by Crippen LogP contribution is -2.28. The number of nitriles is 1. The van der Waals surface area contributed by atoms with Crippen molar-refractivity contribution < 1.29 is 9.53 Å². The van der Waals surface area contributed by atoms with E-state index >= 15 is 0 Å². The number of aryl methyl sites for hydroxylation is 2. The van der Waals surface area contributed by atoms with Gasteiger partial charge in [-0.1, -0.05) is 54.2 Å². The van der Waals surface area contributed by atoms with Crippen molar-refractivity contribution in [1.82, 2.24) is 15.0 Å². The van der Waals surface area contributed by atoms with Gasteiger partial charge in [0.25, 0.3) is 5.91 Å². The lowest BCUT2D eigenvalue weighted by Gasteiger charge is -2.22. The molecule has 8 heteroatoms. The van der Waals surface area contributed by atoms with E-state index in [1.807, 2.05) is 54.6 Å². The van der Waals surface area contributed by atoms with E-state index in [0.29, 0.717) is 28.5 Å². The summed E-state index contributed by atoms with van der Waals surface area (Å²) in [5.41, 5.74) is 3.85. The minimum absolute atomic E-state index is 0.114. The van der Waals surface area contributed by atoms with Gasteiger partial charge in [-0.15, -0.1) is 0 Å². The van der Waals surface area contributed by atoms with Crippen LogP contribution in [0.3, 0.4) is 0 Å². The number of hydrogen-bond acceptors (Lipinski definition) is 7. The standard InChI is InChI=1S/C25H23N5O2S/c1-16-21(14-26)25(28-17(2)27-16)33-15-24(31)30-23(19-9-11-20(32-3)12-10-19)13-22(29-30)18-7-5-4-6-8-18/h4-12,23H,13,15H2,1-3H3. The fraction of sp³-hybridized carbons (Fsp3) is 0.240. The van der Waals surface area contributed by atoms with Crippen molar-refractivity contribution in [3.05, 3.63) is 82.8 Å². The first-order valence-electron chi connectivity index (χ1n) is 10.5. The van der Waals surface area contributed by atoms with Gasteiger partial charge in [-0.05, 0) is 37.1 Å². The third-order valence-electron chi connectivity index (χ3n) is 5.39. The summed E-state index contributed by atoms with van der Waals surface area (Å²) in [6.45, 7) is 3.55. The second kappa shape index (κ2) is 9.84. The van der Waals surface area contributed by atoms with E-state index in [9.17, 15) is 10.1 Å². The highest BCUT2D eigenvalue weighted by Gasteiger charge is 2.33. The molecule has 4 rings (SSSR count). The number of hydrogen-bond donors (Lipinski definition) is 0. The van der Waals surface area contributed by atoms with Gasteiger partial charge < -0.3 is 4.74 Å². The molecule has 1 aliphatic heterocycles. The molecule has 166 valence electrons. The molecule has 0 fully saturated rings. The number of ether oxygens (including phenoxy) is 1. The van der Waals surface area contributed by atoms with E-state index in [1.165, 1.54) is 11.8 Å². The Hall–Kier alpha value is -3.70. The third kappa shape index (κ3) is 4.89. The number of thioether (sulfide) groups is 1. The number of amides is 1. The number of benzene rings is 2. The topological polar surface area (TPSA) is 91.5 Å². The zero-order valence-corrected chi connectivity index (χ0v) is 19.5. The van der Waals surface area contributed by atoms with Crippen LogP contribution in [0.15, 0.2) is 64.7 Å². The highest BCUT2D eigenvalue weighted by atomic mass is 32.2. The predicted octanol–water partition coefficient (Wildman–Crippen LogP) is 4.44. The number of hydrazone groups is 1. The van der Waals surface area contributed by atoms with E-state index in [-0.39, 0.29) is 17.7 Å². The summed E-state index contributed by atoms with van der Waals surface area (Å²) in [6.07, 6.45) is 0.613. The SMILES string of the molecule is COc1ccc(C2CC(c3ccccc3)=NN2C(=O)CSc2nc(C)nc(C)c2C#N)cc1. The largest absolute Gasteiger partial charge is 0.497 e. The molecule has 1 unspecified atom stereocenters. The Labute approximate surface area is 197 Å². The van der Waals surface area contributed by atoms with E-state index in [0.717, 1.165) is 22.6 Å². The van der Waals surface area contributed by atoms with Crippen LogP contribution in [0.1, 0.15) is 40.7 Å². The predicted molar refractivity (Wildman–Crippen MR) is 127 cm³/mol. The lowest BCUT2D eigenvalue weighted by atomic mass is 9.98. The molecule has 33 heavy (non-hydrogen) atoms.